The number of carbonyl (C=O) groups is 7. The van der Waals surface area contributed by atoms with Crippen molar-refractivity contribution >= 4 is 62.1 Å². The third-order valence-corrected chi connectivity index (χ3v) is 8.01. The molecule has 2 aromatic carbocycles. The van der Waals surface area contributed by atoms with Crippen molar-refractivity contribution in [3.8, 4) is 0 Å². The van der Waals surface area contributed by atoms with E-state index in [0.29, 0.717) is 37.1 Å². The van der Waals surface area contributed by atoms with E-state index in [1.807, 2.05) is 0 Å². The van der Waals surface area contributed by atoms with Gasteiger partial charge in [0.2, 0.25) is 41.4 Å². The van der Waals surface area contributed by atoms with Gasteiger partial charge in [0.25, 0.3) is 15.0 Å². The van der Waals surface area contributed by atoms with E-state index in [2.05, 4.69) is 26.6 Å². The van der Waals surface area contributed by atoms with Crippen LogP contribution in [0.5, 0.6) is 0 Å². The molecule has 0 spiro atoms. The molecule has 16 nitrogen and oxygen atoms in total. The summed E-state index contributed by atoms with van der Waals surface area (Å²) in [6, 6.07) is 14.2. The van der Waals surface area contributed by atoms with Crippen LogP contribution < -0.4 is 26.6 Å². The van der Waals surface area contributed by atoms with Gasteiger partial charge >= 0.3 is 0 Å². The second-order valence-electron chi connectivity index (χ2n) is 11.7. The molecule has 0 radical (unpaired) electrons. The smallest absolute Gasteiger partial charge is 0.268 e. The first-order valence-electron chi connectivity index (χ1n) is 16.1. The Morgan fingerprint density at radius 1 is 0.780 bits per heavy atom. The Hall–Kier alpha value is -4.86. The average molecular weight is 713 g/mol. The molecule has 1 saturated heterocycles. The van der Waals surface area contributed by atoms with E-state index in [-0.39, 0.29) is 56.6 Å². The van der Waals surface area contributed by atoms with Crippen LogP contribution in [0.4, 0.5) is 5.69 Å². The Labute approximate surface area is 290 Å². The van der Waals surface area contributed by atoms with E-state index in [0.717, 1.165) is 13.1 Å². The number of likely N-dealkylation sites (tertiary alicyclic amines) is 1. The van der Waals surface area contributed by atoms with Crippen LogP contribution in [-0.4, -0.2) is 90.9 Å². The molecule has 2 aromatic rings. The first-order chi connectivity index (χ1) is 23.8. The van der Waals surface area contributed by atoms with E-state index in [4.69, 9.17) is 4.52 Å². The fourth-order valence-corrected chi connectivity index (χ4v) is 5.18. The van der Waals surface area contributed by atoms with Gasteiger partial charge in [-0.15, -0.1) is 0 Å². The summed E-state index contributed by atoms with van der Waals surface area (Å²) in [4.78, 5) is 96.3. The number of unbranched alkanes of at least 4 members (excludes halogenated alkanes) is 2. The second kappa shape index (κ2) is 20.0. The molecule has 1 heterocycles. The Morgan fingerprint density at radius 3 is 2.06 bits per heavy atom. The lowest BCUT2D eigenvalue weighted by Crippen LogP contribution is -2.52. The monoisotopic (exact) mass is 712 g/mol. The van der Waals surface area contributed by atoms with Crippen molar-refractivity contribution < 1.29 is 47.5 Å². The molecule has 0 bridgehead atoms. The highest BCUT2D eigenvalue weighted by atomic mass is 31.2. The lowest BCUT2D eigenvalue weighted by Gasteiger charge is -2.19. The molecule has 1 aliphatic rings. The summed E-state index contributed by atoms with van der Waals surface area (Å²) in [6.07, 6.45) is 2.47. The number of hydrogen-bond acceptors (Lipinski definition) is 9. The topological polar surface area (TPSA) is 229 Å². The predicted octanol–water partition coefficient (Wildman–Crippen LogP) is -0.339. The van der Waals surface area contributed by atoms with Gasteiger partial charge in [-0.25, -0.2) is 0 Å². The van der Waals surface area contributed by atoms with Crippen LogP contribution in [0.15, 0.2) is 54.6 Å². The third-order valence-electron chi connectivity index (χ3n) is 7.40. The van der Waals surface area contributed by atoms with Gasteiger partial charge in [0, 0.05) is 37.9 Å². The number of anilines is 1. The first kappa shape index (κ1) is 39.6. The molecule has 0 saturated carbocycles. The maximum Gasteiger partial charge on any atom is 0.268 e. The van der Waals surface area contributed by atoms with Crippen LogP contribution in [-0.2, 0) is 55.7 Å². The largest absolute Gasteiger partial charge is 0.347 e. The number of hydrogen-bond donors (Lipinski definition) is 6. The second-order valence-corrected chi connectivity index (χ2v) is 13.5. The number of carbonyl (C=O) groups excluding carboxylic acids is 7. The maximum absolute atomic E-state index is 13.0. The van der Waals surface area contributed by atoms with E-state index < -0.39 is 50.2 Å². The van der Waals surface area contributed by atoms with Crippen molar-refractivity contribution in [1.82, 2.24) is 26.2 Å². The van der Waals surface area contributed by atoms with Gasteiger partial charge in [-0.05, 0) is 36.1 Å². The fourth-order valence-electron chi connectivity index (χ4n) is 4.79. The predicted molar refractivity (Wildman–Crippen MR) is 184 cm³/mol. The Morgan fingerprint density at radius 2 is 1.40 bits per heavy atom. The molecule has 6 N–H and O–H groups in total. The zero-order valence-corrected chi connectivity index (χ0v) is 28.7. The average Bonchev–Trinajstić information content (AvgIpc) is 3.40. The van der Waals surface area contributed by atoms with Crippen molar-refractivity contribution in [3.05, 3.63) is 65.7 Å². The molecule has 0 aliphatic carbocycles. The van der Waals surface area contributed by atoms with Gasteiger partial charge in [-0.2, -0.15) is 0 Å². The van der Waals surface area contributed by atoms with E-state index >= 15 is 0 Å². The molecule has 7 amide bonds. The molecule has 18 heteroatoms. The van der Waals surface area contributed by atoms with Gasteiger partial charge < -0.3 is 36.0 Å². The fraction of sp³-hybridized carbons (Fsp3) is 0.406. The molecular weight excluding hydrogens is 670 g/mol. The maximum atomic E-state index is 13.0. The van der Waals surface area contributed by atoms with Gasteiger partial charge in [0.1, 0.15) is 6.04 Å². The van der Waals surface area contributed by atoms with E-state index in [9.17, 15) is 43.0 Å². The number of amides is 7. The molecular formula is C32H42BN6O10P. The van der Waals surface area contributed by atoms with E-state index in [1.165, 1.54) is 4.90 Å². The van der Waals surface area contributed by atoms with Crippen LogP contribution in [0.3, 0.4) is 0 Å². The molecule has 268 valence electrons. The molecule has 3 rings (SSSR count). The van der Waals surface area contributed by atoms with Crippen LogP contribution in [0, 0.1) is 0 Å². The molecule has 0 aromatic heterocycles. The molecule has 1 fully saturated rings. The van der Waals surface area contributed by atoms with Crippen molar-refractivity contribution in [3.63, 3.8) is 0 Å². The van der Waals surface area contributed by atoms with Crippen LogP contribution in [0.2, 0.25) is 0 Å². The molecule has 1 aliphatic heterocycles. The minimum absolute atomic E-state index is 0.0825. The van der Waals surface area contributed by atoms with Crippen LogP contribution >= 0.6 is 7.47 Å². The minimum atomic E-state index is -3.63. The first-order valence-corrected chi connectivity index (χ1v) is 18.1. The van der Waals surface area contributed by atoms with Gasteiger partial charge in [-0.1, -0.05) is 48.9 Å². The van der Waals surface area contributed by atoms with Crippen molar-refractivity contribution in [2.45, 2.75) is 57.6 Å². The van der Waals surface area contributed by atoms with Crippen molar-refractivity contribution in [2.24, 2.45) is 0 Å². The molecule has 1 unspecified atom stereocenters. The quantitative estimate of drug-likeness (QED) is 0.0453. The lowest BCUT2D eigenvalue weighted by molar-refractivity contribution is -0.138. The molecule has 2 atom stereocenters. The highest BCUT2D eigenvalue weighted by molar-refractivity contribution is 7.78. The Kier molecular flexibility index (Phi) is 15.8. The summed E-state index contributed by atoms with van der Waals surface area (Å²) in [5, 5.41) is 12.6. The van der Waals surface area contributed by atoms with Crippen LogP contribution in [0.25, 0.3) is 0 Å². The summed E-state index contributed by atoms with van der Waals surface area (Å²) in [5.41, 5.74) is 1.78. The van der Waals surface area contributed by atoms with Crippen molar-refractivity contribution in [2.75, 3.05) is 31.5 Å². The lowest BCUT2D eigenvalue weighted by atomic mass is 10.1. The Bertz CT molecular complexity index is 1550. The van der Waals surface area contributed by atoms with Crippen LogP contribution in [0.1, 0.15) is 49.7 Å². The standard InChI is InChI=1S/C32H42BN6O10P/c33-50(47,48)49-21-23-10-12-24(13-11-23)37-28(42)20-36-32(46)25(17-22-7-3-1-4-8-22)38-29(43)19-35-27(41)18-34-26(40)9-5-2-6-16-39-30(44)14-15-31(39)45/h1,3-4,7-8,10-13,25H,2,5-6,9,14-21,33H2,(H,34,40)(H,35,41)(H,36,46)(H,37,42)(H,38,43)(H,47,48)/t25-/m0/s1. The van der Waals surface area contributed by atoms with Gasteiger partial charge in [-0.3, -0.25) is 43.0 Å². The summed E-state index contributed by atoms with van der Waals surface area (Å²) < 4.78 is 16.2. The van der Waals surface area contributed by atoms with Gasteiger partial charge in [0.15, 0.2) is 0 Å². The summed E-state index contributed by atoms with van der Waals surface area (Å²) in [5.74, 6) is -3.15. The number of nitrogens with one attached hydrogen (secondary N) is 5. The Balaban J connectivity index is 1.38. The van der Waals surface area contributed by atoms with Gasteiger partial charge in [0.05, 0.1) is 26.2 Å². The number of benzene rings is 2. The van der Waals surface area contributed by atoms with E-state index in [1.54, 1.807) is 54.6 Å². The third kappa shape index (κ3) is 15.1. The highest BCUT2D eigenvalue weighted by Crippen LogP contribution is 2.36. The number of nitrogens with zero attached hydrogens (tertiary/aromatic N) is 1. The zero-order valence-electron chi connectivity index (χ0n) is 27.8. The summed E-state index contributed by atoms with van der Waals surface area (Å²) in [6.45, 7) is -0.967. The molecule has 50 heavy (non-hydrogen) atoms. The SMILES string of the molecule is BP(=O)(O)OCc1ccc(NC(=O)CNC(=O)[C@H](Cc2ccccc2)NC(=O)CNC(=O)CNC(=O)CCCCCN2C(=O)CCC2=O)cc1. The normalized spacial score (nSPS) is 14.3. The number of imide groups is 1. The number of rotatable bonds is 20. The minimum Gasteiger partial charge on any atom is -0.347 e. The zero-order chi connectivity index (χ0) is 36.5. The highest BCUT2D eigenvalue weighted by Gasteiger charge is 2.28. The summed E-state index contributed by atoms with van der Waals surface area (Å²) in [7, 11) is -2.55. The van der Waals surface area contributed by atoms with Crippen molar-refractivity contribution in [1.29, 1.82) is 0 Å². The summed E-state index contributed by atoms with van der Waals surface area (Å²) >= 11 is 0.